The van der Waals surface area contributed by atoms with Crippen molar-refractivity contribution in [3.8, 4) is 51.7 Å². The molecule has 5 aromatic heterocycles. The molecule has 8 nitrogen and oxygen atoms in total. The lowest BCUT2D eigenvalue weighted by molar-refractivity contribution is 0.590. The lowest BCUT2D eigenvalue weighted by atomic mass is 9.85. The number of aryl methyl sites for hydroxylation is 4. The van der Waals surface area contributed by atoms with Crippen molar-refractivity contribution in [1.82, 2.24) is 38.6 Å². The summed E-state index contributed by atoms with van der Waals surface area (Å²) in [5, 5.41) is 6.85. The van der Waals surface area contributed by atoms with E-state index in [4.69, 9.17) is 24.9 Å². The van der Waals surface area contributed by atoms with E-state index in [1.807, 2.05) is 36.4 Å². The van der Waals surface area contributed by atoms with E-state index >= 15 is 0 Å². The molecular formula is C67H58N8. The Morgan fingerprint density at radius 1 is 0.307 bits per heavy atom. The Bertz CT molecular complexity index is 4070. The number of hydrogen-bond donors (Lipinski definition) is 0. The molecule has 0 aliphatic carbocycles. The molecule has 0 fully saturated rings. The van der Waals surface area contributed by atoms with Crippen LogP contribution in [0.2, 0.25) is 0 Å². The largest absolute Gasteiger partial charge is 0.293 e. The zero-order valence-corrected chi connectivity index (χ0v) is 44.2. The van der Waals surface area contributed by atoms with Gasteiger partial charge in [-0.3, -0.25) is 13.7 Å². The normalized spacial score (nSPS) is 12.4. The third kappa shape index (κ3) is 7.61. The van der Waals surface area contributed by atoms with Crippen molar-refractivity contribution >= 4 is 65.4 Å². The molecule has 366 valence electrons. The van der Waals surface area contributed by atoms with Crippen molar-refractivity contribution in [1.29, 1.82) is 0 Å². The highest BCUT2D eigenvalue weighted by Crippen LogP contribution is 2.44. The second-order valence-electron chi connectivity index (χ2n) is 22.6. The molecule has 75 heavy (non-hydrogen) atoms. The smallest absolute Gasteiger partial charge is 0.238 e. The van der Waals surface area contributed by atoms with Crippen molar-refractivity contribution < 1.29 is 0 Å². The summed E-state index contributed by atoms with van der Waals surface area (Å²) in [6.45, 7) is 22.3. The molecule has 13 aromatic rings. The van der Waals surface area contributed by atoms with Gasteiger partial charge in [-0.1, -0.05) is 161 Å². The van der Waals surface area contributed by atoms with Crippen LogP contribution in [-0.4, -0.2) is 38.6 Å². The molecule has 0 amide bonds. The van der Waals surface area contributed by atoms with Crippen molar-refractivity contribution in [2.75, 3.05) is 0 Å². The molecule has 0 unspecified atom stereocenters. The maximum atomic E-state index is 5.99. The predicted molar refractivity (Wildman–Crippen MR) is 311 cm³/mol. The molecule has 8 heteroatoms. The van der Waals surface area contributed by atoms with Gasteiger partial charge < -0.3 is 0 Å². The average Bonchev–Trinajstić information content (AvgIpc) is 4.02. The Morgan fingerprint density at radius 2 is 0.613 bits per heavy atom. The highest BCUT2D eigenvalue weighted by molar-refractivity contribution is 6.13. The van der Waals surface area contributed by atoms with Gasteiger partial charge in [0.15, 0.2) is 29.1 Å². The van der Waals surface area contributed by atoms with Crippen LogP contribution in [0.5, 0.6) is 0 Å². The van der Waals surface area contributed by atoms with Gasteiger partial charge in [-0.05, 0) is 122 Å². The van der Waals surface area contributed by atoms with E-state index < -0.39 is 0 Å². The van der Waals surface area contributed by atoms with Crippen molar-refractivity contribution in [2.24, 2.45) is 0 Å². The van der Waals surface area contributed by atoms with Gasteiger partial charge in [0.1, 0.15) is 5.56 Å². The van der Waals surface area contributed by atoms with Crippen LogP contribution in [0.1, 0.15) is 74.9 Å². The first-order chi connectivity index (χ1) is 36.1. The van der Waals surface area contributed by atoms with Gasteiger partial charge in [-0.2, -0.15) is 9.97 Å². The van der Waals surface area contributed by atoms with Gasteiger partial charge in [-0.25, -0.2) is 15.0 Å². The first kappa shape index (κ1) is 46.1. The summed E-state index contributed by atoms with van der Waals surface area (Å²) >= 11 is 0. The van der Waals surface area contributed by atoms with E-state index in [1.165, 1.54) is 33.4 Å². The van der Waals surface area contributed by atoms with Gasteiger partial charge >= 0.3 is 0 Å². The molecule has 13 rings (SSSR count). The molecule has 0 bridgehead atoms. The highest BCUT2D eigenvalue weighted by Gasteiger charge is 2.31. The van der Waals surface area contributed by atoms with Crippen LogP contribution in [0.4, 0.5) is 0 Å². The number of benzene rings is 8. The standard InChI is InChI=1S/C67H58N8/c1-39-21-27-53-47(33-39)48-34-40(2)22-28-54(48)73(53)63-59(62-69-60(43-17-13-11-14-18-43)68-61(70-62)44-19-15-12-16-20-44)64(74-55-29-23-41(3)35-49(55)50-36-42(4)24-30-56(50)74)72-65(71-63)75-57-31-25-45(66(5,6)7)37-51(57)52-38-46(67(8,9)10)26-32-58(52)75/h11-38H,1-10H3. The SMILES string of the molecule is Cc1ccc2c(c1)c1cc(C)ccc1n2-c1nc(-n2c3ccc(C(C)(C)C)cc3c3cc(C(C)(C)C)ccc32)nc(-n2c3ccc(C)cc3c3cc(C)ccc32)c1-c1nc(-c2ccccc2)nc(-c2ccccc2)n1. The summed E-state index contributed by atoms with van der Waals surface area (Å²) in [5.41, 5.74) is 15.6. The van der Waals surface area contributed by atoms with Crippen LogP contribution in [-0.2, 0) is 10.8 Å². The van der Waals surface area contributed by atoms with E-state index in [1.54, 1.807) is 0 Å². The predicted octanol–water partition coefficient (Wildman–Crippen LogP) is 16.8. The lowest BCUT2D eigenvalue weighted by Gasteiger charge is -2.21. The summed E-state index contributed by atoms with van der Waals surface area (Å²) in [6.07, 6.45) is 0. The minimum atomic E-state index is -0.0784. The molecular weight excluding hydrogens is 917 g/mol. The summed E-state index contributed by atoms with van der Waals surface area (Å²) < 4.78 is 6.93. The van der Waals surface area contributed by atoms with Crippen molar-refractivity contribution in [3.05, 3.63) is 203 Å². The van der Waals surface area contributed by atoms with Crippen LogP contribution in [0, 0.1) is 27.7 Å². The van der Waals surface area contributed by atoms with E-state index in [2.05, 4.69) is 216 Å². The Balaban J connectivity index is 1.27. The Kier molecular flexibility index (Phi) is 10.4. The first-order valence-corrected chi connectivity index (χ1v) is 26.0. The molecule has 0 saturated heterocycles. The number of nitrogens with zero attached hydrogens (tertiary/aromatic N) is 8. The second-order valence-corrected chi connectivity index (χ2v) is 22.6. The first-order valence-electron chi connectivity index (χ1n) is 26.0. The quantitative estimate of drug-likeness (QED) is 0.166. The van der Waals surface area contributed by atoms with Crippen LogP contribution >= 0.6 is 0 Å². The average molecular weight is 975 g/mol. The van der Waals surface area contributed by atoms with Crippen LogP contribution in [0.3, 0.4) is 0 Å². The van der Waals surface area contributed by atoms with Gasteiger partial charge in [0.05, 0.1) is 33.1 Å². The maximum Gasteiger partial charge on any atom is 0.238 e. The lowest BCUT2D eigenvalue weighted by Crippen LogP contribution is -2.15. The highest BCUT2D eigenvalue weighted by atomic mass is 15.2. The zero-order chi connectivity index (χ0) is 51.7. The number of rotatable bonds is 6. The fourth-order valence-corrected chi connectivity index (χ4v) is 11.1. The molecule has 8 aromatic carbocycles. The second kappa shape index (κ2) is 16.9. The number of aromatic nitrogens is 8. The molecule has 5 heterocycles. The summed E-state index contributed by atoms with van der Waals surface area (Å²) in [4.78, 5) is 28.3. The number of hydrogen-bond acceptors (Lipinski definition) is 5. The Morgan fingerprint density at radius 3 is 0.960 bits per heavy atom. The molecule has 0 N–H and O–H groups in total. The summed E-state index contributed by atoms with van der Waals surface area (Å²) in [5.74, 6) is 3.38. The maximum absolute atomic E-state index is 5.99. The van der Waals surface area contributed by atoms with Crippen LogP contribution in [0.15, 0.2) is 170 Å². The van der Waals surface area contributed by atoms with Gasteiger partial charge in [-0.15, -0.1) is 0 Å². The molecule has 0 aliphatic rings. The van der Waals surface area contributed by atoms with E-state index in [-0.39, 0.29) is 10.8 Å². The fourth-order valence-electron chi connectivity index (χ4n) is 11.1. The van der Waals surface area contributed by atoms with Crippen LogP contribution in [0.25, 0.3) is 117 Å². The minimum absolute atomic E-state index is 0.0784. The van der Waals surface area contributed by atoms with Crippen molar-refractivity contribution in [3.63, 3.8) is 0 Å². The van der Waals surface area contributed by atoms with E-state index in [0.717, 1.165) is 76.5 Å². The molecule has 0 aliphatic heterocycles. The summed E-state index contributed by atoms with van der Waals surface area (Å²) in [6, 6.07) is 61.1. The monoisotopic (exact) mass is 974 g/mol. The topological polar surface area (TPSA) is 79.2 Å². The molecule has 0 saturated carbocycles. The van der Waals surface area contributed by atoms with E-state index in [0.29, 0.717) is 40.6 Å². The molecule has 0 radical (unpaired) electrons. The summed E-state index contributed by atoms with van der Waals surface area (Å²) in [7, 11) is 0. The van der Waals surface area contributed by atoms with Gasteiger partial charge in [0.2, 0.25) is 5.95 Å². The third-order valence-electron chi connectivity index (χ3n) is 15.1. The minimum Gasteiger partial charge on any atom is -0.293 e. The molecule has 0 spiro atoms. The molecule has 0 atom stereocenters. The van der Waals surface area contributed by atoms with Gasteiger partial charge in [0.25, 0.3) is 0 Å². The zero-order valence-electron chi connectivity index (χ0n) is 44.2. The fraction of sp³-hybridized carbons (Fsp3) is 0.179. The van der Waals surface area contributed by atoms with Gasteiger partial charge in [0, 0.05) is 43.4 Å². The Labute approximate surface area is 437 Å². The van der Waals surface area contributed by atoms with Crippen LogP contribution < -0.4 is 0 Å². The van der Waals surface area contributed by atoms with E-state index in [9.17, 15) is 0 Å². The third-order valence-corrected chi connectivity index (χ3v) is 15.1. The number of fused-ring (bicyclic) bond motifs is 9. The Hall–Kier alpha value is -8.75. The van der Waals surface area contributed by atoms with Crippen molar-refractivity contribution in [2.45, 2.75) is 80.1 Å².